The van der Waals surface area contributed by atoms with Crippen molar-refractivity contribution in [2.75, 3.05) is 7.11 Å². The number of aliphatic imine (C=N–C) groups is 1. The standard InChI is InChI=1S/C15H13F4N3O/c1-23-14-12(16)6-10(8-22-14)13(20)21-7-9-2-4-11(5-3-9)15(17,18)19/h2-6,8H,7H2,1H3,(H2,20,21). The number of hydrogen-bond donors (Lipinski definition) is 1. The second-order valence-electron chi connectivity index (χ2n) is 4.61. The minimum atomic E-state index is -4.38. The summed E-state index contributed by atoms with van der Waals surface area (Å²) in [5.74, 6) is -0.819. The van der Waals surface area contributed by atoms with Gasteiger partial charge in [0.2, 0.25) is 5.88 Å². The van der Waals surface area contributed by atoms with Crippen molar-refractivity contribution >= 4 is 5.84 Å². The van der Waals surface area contributed by atoms with Gasteiger partial charge in [0.1, 0.15) is 5.84 Å². The third kappa shape index (κ3) is 4.18. The van der Waals surface area contributed by atoms with Gasteiger partial charge in [0.15, 0.2) is 5.82 Å². The van der Waals surface area contributed by atoms with Crippen LogP contribution in [0.2, 0.25) is 0 Å². The quantitative estimate of drug-likeness (QED) is 0.533. The maximum Gasteiger partial charge on any atom is 0.416 e. The predicted octanol–water partition coefficient (Wildman–Crippen LogP) is 3.15. The molecule has 2 rings (SSSR count). The molecule has 0 fully saturated rings. The molecule has 0 bridgehead atoms. The topological polar surface area (TPSA) is 60.5 Å². The Morgan fingerprint density at radius 1 is 1.26 bits per heavy atom. The van der Waals surface area contributed by atoms with Crippen LogP contribution in [-0.4, -0.2) is 17.9 Å². The molecule has 0 amide bonds. The van der Waals surface area contributed by atoms with E-state index in [9.17, 15) is 17.6 Å². The predicted molar refractivity (Wildman–Crippen MR) is 76.6 cm³/mol. The number of ether oxygens (including phenoxy) is 1. The van der Waals surface area contributed by atoms with Gasteiger partial charge in [-0.2, -0.15) is 13.2 Å². The lowest BCUT2D eigenvalue weighted by molar-refractivity contribution is -0.137. The number of rotatable bonds is 4. The lowest BCUT2D eigenvalue weighted by atomic mass is 10.1. The number of nitrogens with two attached hydrogens (primary N) is 1. The zero-order chi connectivity index (χ0) is 17.0. The fraction of sp³-hybridized carbons (Fsp3) is 0.200. The summed E-state index contributed by atoms with van der Waals surface area (Å²) in [5.41, 5.74) is 5.79. The van der Waals surface area contributed by atoms with Crippen molar-refractivity contribution in [2.45, 2.75) is 12.7 Å². The van der Waals surface area contributed by atoms with Crippen molar-refractivity contribution in [3.8, 4) is 5.88 Å². The average Bonchev–Trinajstić information content (AvgIpc) is 2.52. The summed E-state index contributed by atoms with van der Waals surface area (Å²) in [6.07, 6.45) is -3.08. The Morgan fingerprint density at radius 2 is 1.91 bits per heavy atom. The zero-order valence-corrected chi connectivity index (χ0v) is 12.1. The molecule has 0 spiro atoms. The SMILES string of the molecule is COc1ncc(C(N)=NCc2ccc(C(F)(F)F)cc2)cc1F. The maximum absolute atomic E-state index is 13.5. The molecule has 23 heavy (non-hydrogen) atoms. The molecule has 0 radical (unpaired) electrons. The lowest BCUT2D eigenvalue weighted by Crippen LogP contribution is -2.14. The molecule has 1 aromatic carbocycles. The Balaban J connectivity index is 2.11. The van der Waals surface area contributed by atoms with Crippen LogP contribution < -0.4 is 10.5 Å². The van der Waals surface area contributed by atoms with Gasteiger partial charge in [-0.3, -0.25) is 4.99 Å². The molecule has 0 aliphatic heterocycles. The first-order chi connectivity index (χ1) is 10.8. The number of hydrogen-bond acceptors (Lipinski definition) is 3. The van der Waals surface area contributed by atoms with E-state index in [0.717, 1.165) is 18.2 Å². The van der Waals surface area contributed by atoms with E-state index in [4.69, 9.17) is 5.73 Å². The number of aromatic nitrogens is 1. The highest BCUT2D eigenvalue weighted by atomic mass is 19.4. The van der Waals surface area contributed by atoms with Gasteiger partial charge in [-0.15, -0.1) is 0 Å². The fourth-order valence-electron chi connectivity index (χ4n) is 1.78. The van der Waals surface area contributed by atoms with Crippen LogP contribution in [0.15, 0.2) is 41.5 Å². The summed E-state index contributed by atoms with van der Waals surface area (Å²) in [5, 5.41) is 0. The lowest BCUT2D eigenvalue weighted by Gasteiger charge is -2.07. The van der Waals surface area contributed by atoms with Gasteiger partial charge < -0.3 is 10.5 Å². The van der Waals surface area contributed by atoms with Crippen LogP contribution in [0, 0.1) is 5.82 Å². The van der Waals surface area contributed by atoms with Gasteiger partial charge in [-0.1, -0.05) is 12.1 Å². The highest BCUT2D eigenvalue weighted by Crippen LogP contribution is 2.29. The summed E-state index contributed by atoms with van der Waals surface area (Å²) in [6.45, 7) is 0.0671. The highest BCUT2D eigenvalue weighted by molar-refractivity contribution is 5.97. The van der Waals surface area contributed by atoms with E-state index in [2.05, 4.69) is 14.7 Å². The minimum absolute atomic E-state index is 0.0268. The second kappa shape index (κ2) is 6.64. The van der Waals surface area contributed by atoms with E-state index in [0.29, 0.717) is 5.56 Å². The molecule has 0 saturated carbocycles. The molecule has 8 heteroatoms. The summed E-state index contributed by atoms with van der Waals surface area (Å²) in [7, 11) is 1.28. The van der Waals surface area contributed by atoms with Crippen molar-refractivity contribution in [3.05, 3.63) is 59.0 Å². The average molecular weight is 327 g/mol. The van der Waals surface area contributed by atoms with Gasteiger partial charge in [0.25, 0.3) is 0 Å². The molecule has 2 aromatic rings. The molecule has 4 nitrogen and oxygen atoms in total. The van der Waals surface area contributed by atoms with Gasteiger partial charge in [0, 0.05) is 11.8 Å². The largest absolute Gasteiger partial charge is 0.479 e. The molecule has 0 atom stereocenters. The van der Waals surface area contributed by atoms with Crippen LogP contribution >= 0.6 is 0 Å². The van der Waals surface area contributed by atoms with Crippen molar-refractivity contribution in [2.24, 2.45) is 10.7 Å². The Hall–Kier alpha value is -2.64. The van der Waals surface area contributed by atoms with Crippen LogP contribution in [0.3, 0.4) is 0 Å². The summed E-state index contributed by atoms with van der Waals surface area (Å²) in [6, 6.07) is 5.68. The number of halogens is 4. The first kappa shape index (κ1) is 16.7. The molecular weight excluding hydrogens is 314 g/mol. The van der Waals surface area contributed by atoms with Crippen LogP contribution in [0.4, 0.5) is 17.6 Å². The smallest absolute Gasteiger partial charge is 0.416 e. The molecule has 2 N–H and O–H groups in total. The van der Waals surface area contributed by atoms with Gasteiger partial charge >= 0.3 is 6.18 Å². The molecular formula is C15H13F4N3O. The Bertz CT molecular complexity index is 712. The monoisotopic (exact) mass is 327 g/mol. The molecule has 0 aliphatic carbocycles. The molecule has 1 heterocycles. The molecule has 0 unspecified atom stereocenters. The number of methoxy groups -OCH3 is 1. The number of benzene rings is 1. The number of alkyl halides is 3. The third-order valence-electron chi connectivity index (χ3n) is 3.01. The first-order valence-electron chi connectivity index (χ1n) is 6.47. The minimum Gasteiger partial charge on any atom is -0.479 e. The van der Waals surface area contributed by atoms with Gasteiger partial charge in [-0.25, -0.2) is 9.37 Å². The Morgan fingerprint density at radius 3 is 2.43 bits per heavy atom. The first-order valence-corrected chi connectivity index (χ1v) is 6.47. The third-order valence-corrected chi connectivity index (χ3v) is 3.01. The normalized spacial score (nSPS) is 12.3. The molecule has 0 aliphatic rings. The van der Waals surface area contributed by atoms with Crippen molar-refractivity contribution in [1.29, 1.82) is 0 Å². The van der Waals surface area contributed by atoms with E-state index in [1.165, 1.54) is 25.4 Å². The van der Waals surface area contributed by atoms with Crippen LogP contribution in [0.25, 0.3) is 0 Å². The number of amidine groups is 1. The maximum atomic E-state index is 13.5. The van der Waals surface area contributed by atoms with E-state index >= 15 is 0 Å². The Kier molecular flexibility index (Phi) is 4.83. The Labute approximate surface area is 129 Å². The second-order valence-corrected chi connectivity index (χ2v) is 4.61. The van der Waals surface area contributed by atoms with Gasteiger partial charge in [-0.05, 0) is 23.8 Å². The van der Waals surface area contributed by atoms with E-state index in [1.807, 2.05) is 0 Å². The van der Waals surface area contributed by atoms with Gasteiger partial charge in [0.05, 0.1) is 19.2 Å². The van der Waals surface area contributed by atoms with Crippen LogP contribution in [0.5, 0.6) is 5.88 Å². The van der Waals surface area contributed by atoms with Crippen LogP contribution in [0.1, 0.15) is 16.7 Å². The summed E-state index contributed by atoms with van der Waals surface area (Å²) < 4.78 is 55.6. The molecule has 1 aromatic heterocycles. The highest BCUT2D eigenvalue weighted by Gasteiger charge is 2.29. The van der Waals surface area contributed by atoms with Crippen molar-refractivity contribution in [3.63, 3.8) is 0 Å². The van der Waals surface area contributed by atoms with Crippen molar-refractivity contribution < 1.29 is 22.3 Å². The van der Waals surface area contributed by atoms with Crippen LogP contribution in [-0.2, 0) is 12.7 Å². The molecule has 122 valence electrons. The van der Waals surface area contributed by atoms with Crippen molar-refractivity contribution in [1.82, 2.24) is 4.98 Å². The van der Waals surface area contributed by atoms with E-state index in [-0.39, 0.29) is 23.8 Å². The zero-order valence-electron chi connectivity index (χ0n) is 12.1. The summed E-state index contributed by atoms with van der Waals surface area (Å²) >= 11 is 0. The number of pyridine rings is 1. The fourth-order valence-corrected chi connectivity index (χ4v) is 1.78. The summed E-state index contributed by atoms with van der Waals surface area (Å²) in [4.78, 5) is 7.75. The van der Waals surface area contributed by atoms with E-state index < -0.39 is 17.6 Å². The molecule has 0 saturated heterocycles. The number of nitrogens with zero attached hydrogens (tertiary/aromatic N) is 2. The van der Waals surface area contributed by atoms with E-state index in [1.54, 1.807) is 0 Å².